The third kappa shape index (κ3) is 5.49. The van der Waals surface area contributed by atoms with Crippen LogP contribution in [0.1, 0.15) is 0 Å². The van der Waals surface area contributed by atoms with E-state index in [0.29, 0.717) is 38.0 Å². The lowest BCUT2D eigenvalue weighted by atomic mass is 10.0. The normalized spacial score (nSPS) is 11.2. The smallest absolute Gasteiger partial charge is 0.479 e. The van der Waals surface area contributed by atoms with Crippen LogP contribution < -0.4 is 10.3 Å². The van der Waals surface area contributed by atoms with Crippen molar-refractivity contribution >= 4 is 50.3 Å². The van der Waals surface area contributed by atoms with Crippen LogP contribution >= 0.6 is 11.8 Å². The molecule has 0 aliphatic rings. The molecule has 0 saturated heterocycles. The van der Waals surface area contributed by atoms with E-state index >= 15 is 0 Å². The van der Waals surface area contributed by atoms with Gasteiger partial charge in [-0.05, 0) is 42.5 Å². The number of carboxylic acids is 1. The second-order valence-corrected chi connectivity index (χ2v) is 8.44. The average Bonchev–Trinajstić information content (AvgIpc) is 3.26. The van der Waals surface area contributed by atoms with Gasteiger partial charge in [0.15, 0.2) is 11.8 Å². The Balaban J connectivity index is 0.000000405. The van der Waals surface area contributed by atoms with Gasteiger partial charge in [-0.15, -0.1) is 0 Å². The maximum absolute atomic E-state index is 13.9. The van der Waals surface area contributed by atoms with Crippen LogP contribution in [0.2, 0.25) is 0 Å². The molecule has 188 valence electrons. The van der Waals surface area contributed by atoms with E-state index in [2.05, 4.69) is 9.97 Å². The van der Waals surface area contributed by atoms with Gasteiger partial charge in [0.25, 0.3) is 5.56 Å². The highest BCUT2D eigenvalue weighted by molar-refractivity contribution is 7.99. The highest BCUT2D eigenvalue weighted by atomic mass is 32.2. The summed E-state index contributed by atoms with van der Waals surface area (Å²) in [6, 6.07) is 15.5. The largest absolute Gasteiger partial charge is 0.490 e. The van der Waals surface area contributed by atoms with Crippen LogP contribution in [0.5, 0.6) is 5.75 Å². The van der Waals surface area contributed by atoms with Gasteiger partial charge in [0.05, 0.1) is 16.4 Å². The van der Waals surface area contributed by atoms with Crippen LogP contribution in [-0.2, 0) is 4.79 Å². The Bertz CT molecular complexity index is 1740. The lowest BCUT2D eigenvalue weighted by Crippen LogP contribution is -2.21. The fourth-order valence-electron chi connectivity index (χ4n) is 3.53. The molecule has 0 bridgehead atoms. The minimum atomic E-state index is -5.08. The molecule has 37 heavy (non-hydrogen) atoms. The SMILES string of the molecule is N#CCOc1cccc(Sc2nc3c4ccc(F)cc4c4c(=O)[nH]ccc4c3[nH]2)c1.O=C(O)C(F)(F)F. The van der Waals surface area contributed by atoms with Crippen LogP contribution in [0, 0.1) is 17.1 Å². The minimum absolute atomic E-state index is 0.0260. The molecule has 0 unspecified atom stereocenters. The Morgan fingerprint density at radius 2 is 1.89 bits per heavy atom. The lowest BCUT2D eigenvalue weighted by molar-refractivity contribution is -0.192. The number of carboxylic acid groups (broad SMARTS) is 1. The number of benzene rings is 3. The number of hydrogen-bond acceptors (Lipinski definition) is 6. The van der Waals surface area contributed by atoms with E-state index in [1.54, 1.807) is 24.4 Å². The summed E-state index contributed by atoms with van der Waals surface area (Å²) in [5.74, 6) is -2.58. The van der Waals surface area contributed by atoms with Gasteiger partial charge < -0.3 is 19.8 Å². The summed E-state index contributed by atoms with van der Waals surface area (Å²) in [6.07, 6.45) is -3.51. The number of nitrogens with one attached hydrogen (secondary N) is 2. The Hall–Kier alpha value is -4.57. The molecule has 0 radical (unpaired) electrons. The van der Waals surface area contributed by atoms with Crippen molar-refractivity contribution in [2.24, 2.45) is 0 Å². The number of rotatable bonds is 4. The Kier molecular flexibility index (Phi) is 7.03. The van der Waals surface area contributed by atoms with Gasteiger partial charge in [0.2, 0.25) is 0 Å². The maximum Gasteiger partial charge on any atom is 0.490 e. The van der Waals surface area contributed by atoms with Crippen LogP contribution in [-0.4, -0.2) is 38.8 Å². The molecule has 0 amide bonds. The van der Waals surface area contributed by atoms with Crippen LogP contribution in [0.3, 0.4) is 0 Å². The van der Waals surface area contributed by atoms with E-state index in [0.717, 1.165) is 10.4 Å². The zero-order valence-corrected chi connectivity index (χ0v) is 19.2. The van der Waals surface area contributed by atoms with Crippen LogP contribution in [0.25, 0.3) is 32.6 Å². The minimum Gasteiger partial charge on any atom is -0.479 e. The number of aromatic nitrogens is 3. The topological polar surface area (TPSA) is 132 Å². The quantitative estimate of drug-likeness (QED) is 0.210. The van der Waals surface area contributed by atoms with Gasteiger partial charge in [0.1, 0.15) is 17.6 Å². The summed E-state index contributed by atoms with van der Waals surface area (Å²) in [4.78, 5) is 33.0. The Morgan fingerprint density at radius 3 is 2.59 bits per heavy atom. The number of halogens is 4. The van der Waals surface area contributed by atoms with E-state index in [4.69, 9.17) is 24.9 Å². The maximum atomic E-state index is 13.9. The monoisotopic (exact) mass is 530 g/mol. The number of nitriles is 1. The van der Waals surface area contributed by atoms with E-state index < -0.39 is 18.0 Å². The van der Waals surface area contributed by atoms with E-state index in [-0.39, 0.29) is 12.2 Å². The summed E-state index contributed by atoms with van der Waals surface area (Å²) >= 11 is 1.40. The summed E-state index contributed by atoms with van der Waals surface area (Å²) in [7, 11) is 0. The third-order valence-corrected chi connectivity index (χ3v) is 5.86. The standard InChI is InChI=1S/C22H13FN4O2S.C2HF3O2/c23-12-4-5-15-17(10-12)18-16(6-8-25-21(18)28)20-19(15)26-22(27-20)30-14-3-1-2-13(11-14)29-9-7-24;3-2(4,5)1(6)7/h1-6,8,10-11H,9H2,(H,25,28)(H,26,27);(H,6,7). The molecule has 2 aromatic heterocycles. The van der Waals surface area contributed by atoms with Crippen LogP contribution in [0.15, 0.2) is 69.6 Å². The number of imidazole rings is 1. The molecule has 8 nitrogen and oxygen atoms in total. The fraction of sp³-hybridized carbons (Fsp3) is 0.0833. The number of pyridine rings is 1. The van der Waals surface area contributed by atoms with Crippen molar-refractivity contribution in [3.63, 3.8) is 0 Å². The highest BCUT2D eigenvalue weighted by Gasteiger charge is 2.38. The average molecular weight is 530 g/mol. The number of carbonyl (C=O) groups is 1. The molecule has 13 heteroatoms. The van der Waals surface area contributed by atoms with Gasteiger partial charge in [-0.1, -0.05) is 17.8 Å². The summed E-state index contributed by atoms with van der Waals surface area (Å²) in [5, 5.41) is 18.8. The fourth-order valence-corrected chi connectivity index (χ4v) is 4.36. The zero-order valence-electron chi connectivity index (χ0n) is 18.4. The molecule has 0 aliphatic carbocycles. The second-order valence-electron chi connectivity index (χ2n) is 7.38. The van der Waals surface area contributed by atoms with Crippen molar-refractivity contribution in [3.05, 3.63) is 70.9 Å². The number of hydrogen-bond donors (Lipinski definition) is 3. The molecule has 0 saturated carbocycles. The van der Waals surface area contributed by atoms with Gasteiger partial charge in [0, 0.05) is 27.3 Å². The Morgan fingerprint density at radius 1 is 1.14 bits per heavy atom. The predicted molar refractivity (Wildman–Crippen MR) is 127 cm³/mol. The number of nitrogens with zero attached hydrogens (tertiary/aromatic N) is 2. The highest BCUT2D eigenvalue weighted by Crippen LogP contribution is 2.36. The second kappa shape index (κ2) is 10.2. The van der Waals surface area contributed by atoms with Gasteiger partial charge in [-0.2, -0.15) is 18.4 Å². The Labute approximate surface area is 208 Å². The van der Waals surface area contributed by atoms with Gasteiger partial charge in [-0.3, -0.25) is 4.79 Å². The van der Waals surface area contributed by atoms with E-state index in [9.17, 15) is 22.4 Å². The number of fused-ring (bicyclic) bond motifs is 6. The van der Waals surface area contributed by atoms with E-state index in [1.165, 1.54) is 23.9 Å². The molecule has 3 aromatic carbocycles. The lowest BCUT2D eigenvalue weighted by Gasteiger charge is -2.05. The third-order valence-electron chi connectivity index (χ3n) is 4.98. The molecule has 0 aliphatic heterocycles. The first-order valence-corrected chi connectivity index (χ1v) is 11.1. The molecule has 3 N–H and O–H groups in total. The molecule has 5 rings (SSSR count). The predicted octanol–water partition coefficient (Wildman–Crippen LogP) is 5.38. The number of alkyl halides is 3. The molecular formula is C24H14F4N4O4S. The first-order chi connectivity index (χ1) is 17.6. The molecule has 0 fully saturated rings. The number of aromatic amines is 2. The van der Waals surface area contributed by atoms with Crippen molar-refractivity contribution in [3.8, 4) is 11.8 Å². The molecular weight excluding hydrogens is 516 g/mol. The van der Waals surface area contributed by atoms with Gasteiger partial charge >= 0.3 is 12.1 Å². The number of aliphatic carboxylic acids is 1. The molecule has 0 spiro atoms. The number of H-pyrrole nitrogens is 2. The van der Waals surface area contributed by atoms with Crippen molar-refractivity contribution in [2.75, 3.05) is 6.61 Å². The molecule has 5 aromatic rings. The van der Waals surface area contributed by atoms with Crippen LogP contribution in [0.4, 0.5) is 17.6 Å². The van der Waals surface area contributed by atoms with Crippen molar-refractivity contribution in [1.29, 1.82) is 5.26 Å². The molecule has 2 heterocycles. The molecule has 0 atom stereocenters. The summed E-state index contributed by atoms with van der Waals surface area (Å²) in [6.45, 7) is -0.0260. The van der Waals surface area contributed by atoms with Crippen molar-refractivity contribution in [1.82, 2.24) is 15.0 Å². The number of ether oxygens (including phenoxy) is 1. The van der Waals surface area contributed by atoms with E-state index in [1.807, 2.05) is 24.3 Å². The first kappa shape index (κ1) is 25.5. The summed E-state index contributed by atoms with van der Waals surface area (Å²) in [5.41, 5.74) is 1.10. The van der Waals surface area contributed by atoms with Crippen molar-refractivity contribution in [2.45, 2.75) is 16.2 Å². The van der Waals surface area contributed by atoms with Crippen molar-refractivity contribution < 1.29 is 32.2 Å². The van der Waals surface area contributed by atoms with Gasteiger partial charge in [-0.25, -0.2) is 14.2 Å². The summed E-state index contributed by atoms with van der Waals surface area (Å²) < 4.78 is 51.0. The zero-order chi connectivity index (χ0) is 26.7. The first-order valence-electron chi connectivity index (χ1n) is 10.3.